The summed E-state index contributed by atoms with van der Waals surface area (Å²) in [7, 11) is 1.66. The van der Waals surface area contributed by atoms with Crippen LogP contribution in [0.15, 0.2) is 64.7 Å². The topological polar surface area (TPSA) is 102 Å². The Balaban J connectivity index is 1.91. The molecule has 3 N–H and O–H groups in total. The maximum atomic E-state index is 8.41. The van der Waals surface area contributed by atoms with Gasteiger partial charge in [-0.2, -0.15) is 0 Å². The van der Waals surface area contributed by atoms with E-state index in [-0.39, 0.29) is 16.6 Å². The van der Waals surface area contributed by atoms with Crippen molar-refractivity contribution in [3.05, 3.63) is 65.9 Å². The number of aromatic nitrogens is 2. The van der Waals surface area contributed by atoms with Crippen molar-refractivity contribution in [3.8, 4) is 0 Å². The van der Waals surface area contributed by atoms with E-state index in [4.69, 9.17) is 16.2 Å². The van der Waals surface area contributed by atoms with Crippen LogP contribution >= 0.6 is 11.8 Å². The Morgan fingerprint density at radius 3 is 2.88 bits per heavy atom. The molecule has 0 aliphatic heterocycles. The first-order valence-corrected chi connectivity index (χ1v) is 8.75. The predicted octanol–water partition coefficient (Wildman–Crippen LogP) is 3.52. The lowest BCUT2D eigenvalue weighted by molar-refractivity contribution is 0.957. The summed E-state index contributed by atoms with van der Waals surface area (Å²) in [6, 6.07) is 13.1. The minimum Gasteiger partial charge on any atom is -0.312 e. The van der Waals surface area contributed by atoms with Crippen LogP contribution in [-0.2, 0) is 0 Å². The van der Waals surface area contributed by atoms with Gasteiger partial charge in [0, 0.05) is 42.2 Å². The molecule has 0 saturated carbocycles. The van der Waals surface area contributed by atoms with E-state index in [0.717, 1.165) is 21.4 Å². The lowest BCUT2D eigenvalue weighted by Gasteiger charge is -2.12. The average molecular weight is 362 g/mol. The van der Waals surface area contributed by atoms with Gasteiger partial charge in [-0.15, -0.1) is 0 Å². The fraction of sp³-hybridized carbons (Fsp3) is 0.105. The summed E-state index contributed by atoms with van der Waals surface area (Å²) in [4.78, 5) is 9.19. The van der Waals surface area contributed by atoms with Gasteiger partial charge in [0.25, 0.3) is 0 Å². The first-order chi connectivity index (χ1) is 12.6. The molecule has 2 aromatic heterocycles. The highest BCUT2D eigenvalue weighted by Gasteiger charge is 2.10. The normalized spacial score (nSPS) is 12.3. The Labute approximate surface area is 155 Å². The van der Waals surface area contributed by atoms with Gasteiger partial charge in [-0.1, -0.05) is 23.9 Å². The van der Waals surface area contributed by atoms with Crippen molar-refractivity contribution in [1.29, 1.82) is 16.2 Å². The van der Waals surface area contributed by atoms with E-state index < -0.39 is 0 Å². The fourth-order valence-electron chi connectivity index (χ4n) is 2.55. The van der Waals surface area contributed by atoms with Gasteiger partial charge in [0.1, 0.15) is 5.49 Å². The highest BCUT2D eigenvalue weighted by Crippen LogP contribution is 2.24. The first-order valence-electron chi connectivity index (χ1n) is 7.94. The molecule has 0 saturated heterocycles. The quantitative estimate of drug-likeness (QED) is 0.376. The van der Waals surface area contributed by atoms with Crippen LogP contribution in [-0.4, -0.2) is 34.2 Å². The maximum Gasteiger partial charge on any atom is 0.171 e. The van der Waals surface area contributed by atoms with Gasteiger partial charge in [0.2, 0.25) is 0 Å². The average Bonchev–Trinajstić information content (AvgIpc) is 2.66. The summed E-state index contributed by atoms with van der Waals surface area (Å²) in [5.41, 5.74) is 1.94. The lowest BCUT2D eigenvalue weighted by atomic mass is 10.0. The molecule has 3 rings (SSSR count). The molecule has 0 radical (unpaired) electrons. The van der Waals surface area contributed by atoms with Crippen molar-refractivity contribution < 1.29 is 0 Å². The fourth-order valence-corrected chi connectivity index (χ4v) is 3.34. The third-order valence-corrected chi connectivity index (χ3v) is 4.73. The van der Waals surface area contributed by atoms with Crippen molar-refractivity contribution in [2.75, 3.05) is 7.05 Å². The van der Waals surface area contributed by atoms with E-state index in [1.165, 1.54) is 22.5 Å². The SMILES string of the molecule is CN=CC(C=N)c1ccc(=N)n(C(=N)Sc2ccc3ncccc3c2)c1. The second-order valence-corrected chi connectivity index (χ2v) is 6.64. The van der Waals surface area contributed by atoms with E-state index in [1.54, 1.807) is 37.8 Å². The summed E-state index contributed by atoms with van der Waals surface area (Å²) >= 11 is 1.27. The zero-order valence-corrected chi connectivity index (χ0v) is 15.0. The van der Waals surface area contributed by atoms with Gasteiger partial charge >= 0.3 is 0 Å². The number of hydrogen-bond donors (Lipinski definition) is 3. The highest BCUT2D eigenvalue weighted by atomic mass is 32.2. The van der Waals surface area contributed by atoms with Gasteiger partial charge in [-0.25, -0.2) is 0 Å². The molecule has 0 amide bonds. The Morgan fingerprint density at radius 2 is 2.12 bits per heavy atom. The van der Waals surface area contributed by atoms with Crippen LogP contribution in [0.1, 0.15) is 11.5 Å². The molecule has 0 fully saturated rings. The summed E-state index contributed by atoms with van der Waals surface area (Å²) in [5, 5.41) is 25.3. The molecule has 0 aliphatic carbocycles. The molecule has 2 heterocycles. The number of hydrogen-bond acceptors (Lipinski definition) is 6. The number of nitrogens with one attached hydrogen (secondary N) is 3. The molecule has 26 heavy (non-hydrogen) atoms. The summed E-state index contributed by atoms with van der Waals surface area (Å²) in [5.74, 6) is -0.267. The number of nitrogens with zero attached hydrogens (tertiary/aromatic N) is 3. The Bertz CT molecular complexity index is 1050. The number of aliphatic imine (C=N–C) groups is 1. The highest BCUT2D eigenvalue weighted by molar-refractivity contribution is 8.13. The van der Waals surface area contributed by atoms with Crippen molar-refractivity contribution >= 4 is 40.3 Å². The number of pyridine rings is 2. The van der Waals surface area contributed by atoms with Crippen LogP contribution in [0.25, 0.3) is 10.9 Å². The molecular formula is C19H18N6S. The lowest BCUT2D eigenvalue weighted by Crippen LogP contribution is -2.24. The molecule has 0 spiro atoms. The molecular weight excluding hydrogens is 344 g/mol. The summed E-state index contributed by atoms with van der Waals surface area (Å²) in [6.07, 6.45) is 6.44. The standard InChI is InChI=1S/C19H18N6S/c1-23-11-15(10-20)14-4-7-18(21)25(12-14)19(22)26-16-5-6-17-13(9-16)3-2-8-24-17/h2-12,15,20-22H,1H3. The summed E-state index contributed by atoms with van der Waals surface area (Å²) < 4.78 is 1.51. The van der Waals surface area contributed by atoms with Crippen molar-refractivity contribution in [2.24, 2.45) is 4.99 Å². The van der Waals surface area contributed by atoms with E-state index >= 15 is 0 Å². The second kappa shape index (κ2) is 7.88. The Morgan fingerprint density at radius 1 is 1.27 bits per heavy atom. The van der Waals surface area contributed by atoms with Crippen LogP contribution in [0.3, 0.4) is 0 Å². The van der Waals surface area contributed by atoms with E-state index in [2.05, 4.69) is 9.98 Å². The van der Waals surface area contributed by atoms with Crippen LogP contribution in [0.5, 0.6) is 0 Å². The van der Waals surface area contributed by atoms with Crippen LogP contribution in [0.2, 0.25) is 0 Å². The van der Waals surface area contributed by atoms with Crippen LogP contribution < -0.4 is 5.49 Å². The summed E-state index contributed by atoms with van der Waals surface area (Å²) in [6.45, 7) is 0. The third-order valence-electron chi connectivity index (χ3n) is 3.85. The number of fused-ring (bicyclic) bond motifs is 1. The van der Waals surface area contributed by atoms with Gasteiger partial charge < -0.3 is 5.41 Å². The monoisotopic (exact) mass is 362 g/mol. The van der Waals surface area contributed by atoms with E-state index in [9.17, 15) is 0 Å². The third kappa shape index (κ3) is 3.78. The number of thioether (sulfide) groups is 1. The Hall–Kier alpha value is -3.06. The molecule has 1 unspecified atom stereocenters. The van der Waals surface area contributed by atoms with Crippen LogP contribution in [0.4, 0.5) is 0 Å². The van der Waals surface area contributed by atoms with Crippen molar-refractivity contribution in [3.63, 3.8) is 0 Å². The number of benzene rings is 1. The molecule has 7 heteroatoms. The second-order valence-electron chi connectivity index (χ2n) is 5.58. The van der Waals surface area contributed by atoms with Gasteiger partial charge in [0.05, 0.1) is 11.4 Å². The zero-order chi connectivity index (χ0) is 18.5. The predicted molar refractivity (Wildman–Crippen MR) is 107 cm³/mol. The van der Waals surface area contributed by atoms with Crippen LogP contribution in [0, 0.1) is 16.2 Å². The minimum atomic E-state index is -0.267. The van der Waals surface area contributed by atoms with E-state index in [0.29, 0.717) is 0 Å². The smallest absolute Gasteiger partial charge is 0.171 e. The minimum absolute atomic E-state index is 0.214. The molecule has 6 nitrogen and oxygen atoms in total. The van der Waals surface area contributed by atoms with Crippen molar-refractivity contribution in [2.45, 2.75) is 10.8 Å². The molecule has 3 aromatic rings. The maximum absolute atomic E-state index is 8.41. The largest absolute Gasteiger partial charge is 0.312 e. The molecule has 1 aromatic carbocycles. The van der Waals surface area contributed by atoms with Gasteiger partial charge in [0.15, 0.2) is 5.17 Å². The zero-order valence-electron chi connectivity index (χ0n) is 14.2. The van der Waals surface area contributed by atoms with E-state index in [1.807, 2.05) is 30.3 Å². The van der Waals surface area contributed by atoms with Gasteiger partial charge in [-0.3, -0.25) is 25.4 Å². The Kier molecular flexibility index (Phi) is 5.38. The van der Waals surface area contributed by atoms with Crippen molar-refractivity contribution in [1.82, 2.24) is 9.55 Å². The first kappa shape index (κ1) is 17.8. The molecule has 130 valence electrons. The molecule has 1 atom stereocenters. The number of rotatable bonds is 4. The molecule has 0 aliphatic rings. The molecule has 0 bridgehead atoms. The van der Waals surface area contributed by atoms with Gasteiger partial charge in [-0.05, 0) is 35.9 Å².